The molecular formula is C20H25N3O5. The first-order valence-electron chi connectivity index (χ1n) is 9.03. The van der Waals surface area contributed by atoms with Gasteiger partial charge in [0, 0.05) is 6.54 Å². The summed E-state index contributed by atoms with van der Waals surface area (Å²) in [5, 5.41) is 5.15. The molecule has 1 aliphatic rings. The van der Waals surface area contributed by atoms with E-state index >= 15 is 0 Å². The van der Waals surface area contributed by atoms with Crippen LogP contribution in [0.3, 0.4) is 0 Å². The summed E-state index contributed by atoms with van der Waals surface area (Å²) in [5.74, 6) is -1.82. The van der Waals surface area contributed by atoms with Crippen LogP contribution in [-0.4, -0.2) is 53.4 Å². The maximum absolute atomic E-state index is 12.7. The van der Waals surface area contributed by atoms with Gasteiger partial charge < -0.3 is 15.4 Å². The highest BCUT2D eigenvalue weighted by atomic mass is 16.5. The van der Waals surface area contributed by atoms with Gasteiger partial charge in [-0.05, 0) is 32.3 Å². The number of carbonyl (C=O) groups excluding carboxylic acids is 4. The lowest BCUT2D eigenvalue weighted by Gasteiger charge is -2.21. The minimum absolute atomic E-state index is 0.244. The third-order valence-corrected chi connectivity index (χ3v) is 4.49. The van der Waals surface area contributed by atoms with Crippen LogP contribution in [0.25, 0.3) is 0 Å². The van der Waals surface area contributed by atoms with E-state index in [-0.39, 0.29) is 6.54 Å². The van der Waals surface area contributed by atoms with Crippen molar-refractivity contribution in [1.82, 2.24) is 15.5 Å². The number of nitrogens with zero attached hydrogens (tertiary/aromatic N) is 1. The molecule has 1 aromatic rings. The smallest absolute Gasteiger partial charge is 0.327 e. The summed E-state index contributed by atoms with van der Waals surface area (Å²) in [7, 11) is 0. The largest absolute Gasteiger partial charge is 0.451 e. The van der Waals surface area contributed by atoms with Gasteiger partial charge in [0.15, 0.2) is 6.10 Å². The van der Waals surface area contributed by atoms with E-state index in [0.717, 1.165) is 10.5 Å². The number of urea groups is 1. The second kappa shape index (κ2) is 9.16. The zero-order valence-electron chi connectivity index (χ0n) is 16.1. The molecule has 28 heavy (non-hydrogen) atoms. The van der Waals surface area contributed by atoms with Crippen LogP contribution in [-0.2, 0) is 25.5 Å². The fourth-order valence-corrected chi connectivity index (χ4v) is 2.83. The van der Waals surface area contributed by atoms with Crippen molar-refractivity contribution in [2.24, 2.45) is 0 Å². The standard InChI is InChI=1S/C20H25N3O5/c1-4-12-21-17(25)14(2)28-16(24)13-23-18(26)20(3,22-19(23)27)11-10-15-8-6-5-7-9-15/h4-9,14H,1,10-13H2,2-3H3,(H,21,25)(H,22,27)/t14-,20+/m1/s1. The number of benzene rings is 1. The second-order valence-electron chi connectivity index (χ2n) is 6.81. The van der Waals surface area contributed by atoms with Gasteiger partial charge in [0.25, 0.3) is 11.8 Å². The Labute approximate surface area is 163 Å². The molecule has 4 amide bonds. The van der Waals surface area contributed by atoms with Crippen LogP contribution < -0.4 is 10.6 Å². The third kappa shape index (κ3) is 5.18. The van der Waals surface area contributed by atoms with Crippen LogP contribution in [0.2, 0.25) is 0 Å². The van der Waals surface area contributed by atoms with Crippen molar-refractivity contribution in [3.8, 4) is 0 Å². The first-order valence-corrected chi connectivity index (χ1v) is 9.03. The molecule has 2 rings (SSSR count). The topological polar surface area (TPSA) is 105 Å². The Morgan fingerprint density at radius 2 is 2.00 bits per heavy atom. The number of hydrogen-bond donors (Lipinski definition) is 2. The van der Waals surface area contributed by atoms with E-state index in [4.69, 9.17) is 4.74 Å². The highest BCUT2D eigenvalue weighted by Gasteiger charge is 2.48. The summed E-state index contributed by atoms with van der Waals surface area (Å²) < 4.78 is 5.01. The average Bonchev–Trinajstić information content (AvgIpc) is 2.88. The lowest BCUT2D eigenvalue weighted by Crippen LogP contribution is -2.45. The fraction of sp³-hybridized carbons (Fsp3) is 0.400. The number of imide groups is 1. The Balaban J connectivity index is 1.92. The molecule has 0 radical (unpaired) electrons. The fourth-order valence-electron chi connectivity index (χ4n) is 2.83. The van der Waals surface area contributed by atoms with Gasteiger partial charge in [-0.25, -0.2) is 4.79 Å². The molecule has 2 N–H and O–H groups in total. The Bertz CT molecular complexity index is 764. The molecule has 2 atom stereocenters. The normalized spacial score (nSPS) is 19.7. The first kappa shape index (κ1) is 21.1. The van der Waals surface area contributed by atoms with Crippen LogP contribution >= 0.6 is 0 Å². The van der Waals surface area contributed by atoms with Crippen molar-refractivity contribution < 1.29 is 23.9 Å². The van der Waals surface area contributed by atoms with Crippen molar-refractivity contribution in [1.29, 1.82) is 0 Å². The summed E-state index contributed by atoms with van der Waals surface area (Å²) in [6, 6.07) is 8.95. The van der Waals surface area contributed by atoms with E-state index in [0.29, 0.717) is 12.8 Å². The van der Waals surface area contributed by atoms with Gasteiger partial charge in [0.2, 0.25) is 0 Å². The molecule has 0 aliphatic carbocycles. The molecule has 1 aliphatic heterocycles. The van der Waals surface area contributed by atoms with Crippen molar-refractivity contribution in [3.05, 3.63) is 48.6 Å². The van der Waals surface area contributed by atoms with E-state index in [1.807, 2.05) is 30.3 Å². The van der Waals surface area contributed by atoms with Gasteiger partial charge in [-0.3, -0.25) is 19.3 Å². The zero-order valence-corrected chi connectivity index (χ0v) is 16.1. The predicted molar refractivity (Wildman–Crippen MR) is 102 cm³/mol. The molecule has 1 heterocycles. The molecule has 0 aromatic heterocycles. The number of aryl methyl sites for hydroxylation is 1. The van der Waals surface area contributed by atoms with Crippen LogP contribution in [0.15, 0.2) is 43.0 Å². The summed E-state index contributed by atoms with van der Waals surface area (Å²) in [5.41, 5.74) is -0.0526. The number of ether oxygens (including phenoxy) is 1. The summed E-state index contributed by atoms with van der Waals surface area (Å²) >= 11 is 0. The summed E-state index contributed by atoms with van der Waals surface area (Å²) in [6.45, 7) is 6.21. The van der Waals surface area contributed by atoms with Crippen LogP contribution in [0.1, 0.15) is 25.8 Å². The Morgan fingerprint density at radius 1 is 1.32 bits per heavy atom. The number of nitrogens with one attached hydrogen (secondary N) is 2. The molecule has 1 aromatic carbocycles. The highest BCUT2D eigenvalue weighted by molar-refractivity contribution is 6.08. The van der Waals surface area contributed by atoms with Crippen molar-refractivity contribution in [3.63, 3.8) is 0 Å². The quantitative estimate of drug-likeness (QED) is 0.376. The molecule has 150 valence electrons. The van der Waals surface area contributed by atoms with Gasteiger partial charge >= 0.3 is 12.0 Å². The van der Waals surface area contributed by atoms with Gasteiger partial charge in [-0.2, -0.15) is 0 Å². The SMILES string of the molecule is C=CCNC(=O)[C@@H](C)OC(=O)CN1C(=O)N[C@@](C)(CCc2ccccc2)C1=O. The summed E-state index contributed by atoms with van der Waals surface area (Å²) in [4.78, 5) is 49.5. The van der Waals surface area contributed by atoms with Crippen LogP contribution in [0.5, 0.6) is 0 Å². The second-order valence-corrected chi connectivity index (χ2v) is 6.81. The number of carbonyl (C=O) groups is 4. The van der Waals surface area contributed by atoms with Gasteiger partial charge in [-0.15, -0.1) is 6.58 Å². The van der Waals surface area contributed by atoms with E-state index in [1.165, 1.54) is 13.0 Å². The Kier molecular flexibility index (Phi) is 6.92. The molecular weight excluding hydrogens is 362 g/mol. The van der Waals surface area contributed by atoms with Crippen LogP contribution in [0.4, 0.5) is 4.79 Å². The molecule has 0 saturated carbocycles. The zero-order chi connectivity index (χ0) is 20.7. The minimum Gasteiger partial charge on any atom is -0.451 e. The van der Waals surface area contributed by atoms with Gasteiger partial charge in [0.1, 0.15) is 12.1 Å². The number of rotatable bonds is 9. The molecule has 1 saturated heterocycles. The molecule has 0 spiro atoms. The van der Waals surface area contributed by atoms with Crippen molar-refractivity contribution in [2.45, 2.75) is 38.3 Å². The Morgan fingerprint density at radius 3 is 2.64 bits per heavy atom. The summed E-state index contributed by atoms with van der Waals surface area (Å²) in [6.07, 6.45) is 1.45. The monoisotopic (exact) mass is 387 g/mol. The van der Waals surface area contributed by atoms with Gasteiger partial charge in [0.05, 0.1) is 0 Å². The molecule has 0 bridgehead atoms. The van der Waals surface area contributed by atoms with Crippen molar-refractivity contribution >= 4 is 23.8 Å². The first-order chi connectivity index (χ1) is 13.3. The third-order valence-electron chi connectivity index (χ3n) is 4.49. The Hall–Kier alpha value is -3.16. The highest BCUT2D eigenvalue weighted by Crippen LogP contribution is 2.23. The molecule has 1 fully saturated rings. The number of esters is 1. The average molecular weight is 387 g/mol. The van der Waals surface area contributed by atoms with Crippen molar-refractivity contribution in [2.75, 3.05) is 13.1 Å². The molecule has 8 heteroatoms. The van der Waals surface area contributed by atoms with E-state index in [1.54, 1.807) is 6.92 Å². The van der Waals surface area contributed by atoms with Gasteiger partial charge in [-0.1, -0.05) is 36.4 Å². The maximum atomic E-state index is 12.7. The maximum Gasteiger partial charge on any atom is 0.327 e. The number of hydrogen-bond acceptors (Lipinski definition) is 5. The lowest BCUT2D eigenvalue weighted by molar-refractivity contribution is -0.156. The lowest BCUT2D eigenvalue weighted by atomic mass is 9.93. The molecule has 8 nitrogen and oxygen atoms in total. The predicted octanol–water partition coefficient (Wildman–Crippen LogP) is 1.16. The molecule has 0 unspecified atom stereocenters. The number of amides is 4. The van der Waals surface area contributed by atoms with E-state index in [9.17, 15) is 19.2 Å². The minimum atomic E-state index is -1.10. The van der Waals surface area contributed by atoms with E-state index in [2.05, 4.69) is 17.2 Å². The van der Waals surface area contributed by atoms with Crippen LogP contribution in [0, 0.1) is 0 Å². The van der Waals surface area contributed by atoms with E-state index < -0.39 is 42.0 Å².